The normalized spacial score (nSPS) is 18.2. The van der Waals surface area contributed by atoms with Gasteiger partial charge in [-0.05, 0) is 64.8 Å². The van der Waals surface area contributed by atoms with Crippen LogP contribution in [0.1, 0.15) is 52.1 Å². The van der Waals surface area contributed by atoms with Gasteiger partial charge in [0.1, 0.15) is 11.4 Å². The van der Waals surface area contributed by atoms with Crippen LogP contribution in [0.5, 0.6) is 5.75 Å². The Morgan fingerprint density at radius 1 is 1.06 bits per heavy atom. The first-order valence-corrected chi connectivity index (χ1v) is 10.3. The van der Waals surface area contributed by atoms with Crippen LogP contribution in [0.2, 0.25) is 0 Å². The Bertz CT molecular complexity index is 1090. The van der Waals surface area contributed by atoms with Crippen molar-refractivity contribution >= 4 is 0 Å². The van der Waals surface area contributed by atoms with E-state index in [-0.39, 0.29) is 17.1 Å². The largest absolute Gasteiger partial charge is 0.494 e. The van der Waals surface area contributed by atoms with Gasteiger partial charge in [-0.15, -0.1) is 0 Å². The van der Waals surface area contributed by atoms with Crippen molar-refractivity contribution in [3.05, 3.63) is 60.1 Å². The van der Waals surface area contributed by atoms with E-state index < -0.39 is 11.6 Å². The summed E-state index contributed by atoms with van der Waals surface area (Å²) in [5.41, 5.74) is 1.25. The van der Waals surface area contributed by atoms with E-state index in [1.165, 1.54) is 6.07 Å². The summed E-state index contributed by atoms with van der Waals surface area (Å²) in [5.74, 6) is -0.607. The van der Waals surface area contributed by atoms with Gasteiger partial charge in [-0.1, -0.05) is 0 Å². The van der Waals surface area contributed by atoms with Gasteiger partial charge in [-0.3, -0.25) is 4.57 Å². The van der Waals surface area contributed by atoms with Gasteiger partial charge in [0.05, 0.1) is 29.7 Å². The van der Waals surface area contributed by atoms with Gasteiger partial charge in [0, 0.05) is 24.4 Å². The first kappa shape index (κ1) is 21.4. The van der Waals surface area contributed by atoms with E-state index in [2.05, 4.69) is 32.7 Å². The molecule has 4 rings (SSSR count). The summed E-state index contributed by atoms with van der Waals surface area (Å²) in [6.07, 6.45) is 5.13. The fourth-order valence-electron chi connectivity index (χ4n) is 4.62. The topological polar surface area (TPSA) is 49.2 Å². The number of halogens is 2. The number of methoxy groups -OCH3 is 1. The molecule has 1 saturated heterocycles. The Kier molecular flexibility index (Phi) is 5.33. The standard InChI is InChI=1S/C24H27F2N3O2/c1-23(2)12-15(13-24(3,4)31-23)19-14-29(16-8-9-17(25)18(26)11-16)22(28-19)21-20(30-5)7-6-10-27-21/h6-11,14-15H,12-13H2,1-5H3. The number of ether oxygens (including phenoxy) is 2. The SMILES string of the molecule is COc1cccnc1-c1nc(C2CC(C)(C)OC(C)(C)C2)cn1-c1ccc(F)c(F)c1. The third-order valence-corrected chi connectivity index (χ3v) is 5.56. The van der Waals surface area contributed by atoms with E-state index in [1.54, 1.807) is 30.0 Å². The third kappa shape index (κ3) is 4.32. The quantitative estimate of drug-likeness (QED) is 0.538. The van der Waals surface area contributed by atoms with Gasteiger partial charge in [-0.2, -0.15) is 0 Å². The van der Waals surface area contributed by atoms with Crippen LogP contribution in [0.25, 0.3) is 17.2 Å². The summed E-state index contributed by atoms with van der Waals surface area (Å²) in [4.78, 5) is 9.38. The molecule has 1 aromatic carbocycles. The smallest absolute Gasteiger partial charge is 0.167 e. The Morgan fingerprint density at radius 3 is 2.42 bits per heavy atom. The number of nitrogens with zero attached hydrogens (tertiary/aromatic N) is 3. The van der Waals surface area contributed by atoms with Crippen molar-refractivity contribution in [2.45, 2.75) is 57.7 Å². The van der Waals surface area contributed by atoms with Gasteiger partial charge in [0.15, 0.2) is 17.5 Å². The second kappa shape index (κ2) is 7.71. The van der Waals surface area contributed by atoms with Crippen molar-refractivity contribution in [1.29, 1.82) is 0 Å². The van der Waals surface area contributed by atoms with Crippen molar-refractivity contribution in [3.63, 3.8) is 0 Å². The molecule has 164 valence electrons. The first-order valence-electron chi connectivity index (χ1n) is 10.3. The molecule has 0 radical (unpaired) electrons. The number of hydrogen-bond acceptors (Lipinski definition) is 4. The fraction of sp³-hybridized carbons (Fsp3) is 0.417. The molecule has 1 fully saturated rings. The van der Waals surface area contributed by atoms with Crippen LogP contribution in [0.4, 0.5) is 8.78 Å². The average Bonchev–Trinajstić information content (AvgIpc) is 3.13. The highest BCUT2D eigenvalue weighted by Crippen LogP contribution is 2.44. The second-order valence-corrected chi connectivity index (χ2v) is 9.24. The van der Waals surface area contributed by atoms with Crippen LogP contribution >= 0.6 is 0 Å². The maximum absolute atomic E-state index is 14.0. The average molecular weight is 427 g/mol. The summed E-state index contributed by atoms with van der Waals surface area (Å²) >= 11 is 0. The zero-order valence-corrected chi connectivity index (χ0v) is 18.4. The Balaban J connectivity index is 1.87. The molecule has 0 spiro atoms. The number of hydrogen-bond donors (Lipinski definition) is 0. The van der Waals surface area contributed by atoms with Crippen LogP contribution in [0.15, 0.2) is 42.7 Å². The lowest BCUT2D eigenvalue weighted by atomic mass is 9.79. The molecule has 5 nitrogen and oxygen atoms in total. The van der Waals surface area contributed by atoms with E-state index in [9.17, 15) is 8.78 Å². The molecular weight excluding hydrogens is 400 g/mol. The van der Waals surface area contributed by atoms with Crippen LogP contribution in [-0.4, -0.2) is 32.8 Å². The molecule has 0 N–H and O–H groups in total. The van der Waals surface area contributed by atoms with Crippen LogP contribution in [0.3, 0.4) is 0 Å². The third-order valence-electron chi connectivity index (χ3n) is 5.56. The van der Waals surface area contributed by atoms with Crippen LogP contribution in [-0.2, 0) is 4.74 Å². The predicted molar refractivity (Wildman–Crippen MR) is 114 cm³/mol. The first-order chi connectivity index (χ1) is 14.6. The maximum Gasteiger partial charge on any atom is 0.167 e. The van der Waals surface area contributed by atoms with Gasteiger partial charge < -0.3 is 9.47 Å². The highest BCUT2D eigenvalue weighted by atomic mass is 19.2. The molecular formula is C24H27F2N3O2. The molecule has 1 aliphatic heterocycles. The number of benzene rings is 1. The molecule has 31 heavy (non-hydrogen) atoms. The molecule has 0 bridgehead atoms. The summed E-state index contributed by atoms with van der Waals surface area (Å²) in [7, 11) is 1.57. The van der Waals surface area contributed by atoms with Gasteiger partial charge in [-0.25, -0.2) is 18.7 Å². The zero-order chi connectivity index (χ0) is 22.4. The van der Waals surface area contributed by atoms with E-state index in [0.717, 1.165) is 30.7 Å². The van der Waals surface area contributed by atoms with Crippen molar-refractivity contribution in [3.8, 4) is 23.0 Å². The summed E-state index contributed by atoms with van der Waals surface area (Å²) < 4.78 is 41.1. The molecule has 3 aromatic rings. The van der Waals surface area contributed by atoms with Gasteiger partial charge in [0.25, 0.3) is 0 Å². The summed E-state index contributed by atoms with van der Waals surface area (Å²) in [6.45, 7) is 8.32. The minimum atomic E-state index is -0.917. The molecule has 0 aliphatic carbocycles. The minimum absolute atomic E-state index is 0.138. The van der Waals surface area contributed by atoms with Crippen LogP contribution in [0, 0.1) is 11.6 Å². The lowest BCUT2D eigenvalue weighted by Crippen LogP contribution is -2.44. The highest BCUT2D eigenvalue weighted by molar-refractivity contribution is 5.62. The van der Waals surface area contributed by atoms with Crippen LogP contribution < -0.4 is 4.74 Å². The minimum Gasteiger partial charge on any atom is -0.494 e. The summed E-state index contributed by atoms with van der Waals surface area (Å²) in [6, 6.07) is 7.38. The zero-order valence-electron chi connectivity index (χ0n) is 18.4. The van der Waals surface area contributed by atoms with E-state index in [4.69, 9.17) is 14.5 Å². The number of pyridine rings is 1. The predicted octanol–water partition coefficient (Wildman–Crippen LogP) is 5.67. The fourth-order valence-corrected chi connectivity index (χ4v) is 4.62. The van der Waals surface area contributed by atoms with E-state index >= 15 is 0 Å². The van der Waals surface area contributed by atoms with Gasteiger partial charge in [0.2, 0.25) is 0 Å². The molecule has 0 atom stereocenters. The van der Waals surface area contributed by atoms with E-state index in [0.29, 0.717) is 23.0 Å². The van der Waals surface area contributed by atoms with Crippen molar-refractivity contribution in [1.82, 2.24) is 14.5 Å². The second-order valence-electron chi connectivity index (χ2n) is 9.24. The lowest BCUT2D eigenvalue weighted by molar-refractivity contribution is -0.162. The summed E-state index contributed by atoms with van der Waals surface area (Å²) in [5, 5.41) is 0. The maximum atomic E-state index is 14.0. The molecule has 0 unspecified atom stereocenters. The Hall–Kier alpha value is -2.80. The molecule has 7 heteroatoms. The Labute approximate surface area is 181 Å². The molecule has 0 amide bonds. The number of imidazole rings is 1. The number of rotatable bonds is 4. The molecule has 2 aromatic heterocycles. The monoisotopic (exact) mass is 427 g/mol. The van der Waals surface area contributed by atoms with Crippen molar-refractivity contribution in [2.75, 3.05) is 7.11 Å². The van der Waals surface area contributed by atoms with E-state index in [1.807, 2.05) is 6.20 Å². The lowest BCUT2D eigenvalue weighted by Gasteiger charge is -2.45. The van der Waals surface area contributed by atoms with Gasteiger partial charge >= 0.3 is 0 Å². The van der Waals surface area contributed by atoms with Crippen molar-refractivity contribution < 1.29 is 18.3 Å². The number of aromatic nitrogens is 3. The Morgan fingerprint density at radius 2 is 1.77 bits per heavy atom. The highest BCUT2D eigenvalue weighted by Gasteiger charge is 2.41. The molecule has 3 heterocycles. The molecule has 0 saturated carbocycles. The molecule has 1 aliphatic rings. The van der Waals surface area contributed by atoms with Crippen molar-refractivity contribution in [2.24, 2.45) is 0 Å².